The fraction of sp³-hybridized carbons (Fsp3) is 0.500. The van der Waals surface area contributed by atoms with E-state index in [4.69, 9.17) is 10.8 Å². The molecule has 1 aromatic carbocycles. The van der Waals surface area contributed by atoms with Gasteiger partial charge in [0.15, 0.2) is 0 Å². The number of nitrogens with one attached hydrogen (secondary N) is 1. The van der Waals surface area contributed by atoms with Crippen LogP contribution in [0.2, 0.25) is 0 Å². The Kier molecular flexibility index (Phi) is 6.39. The van der Waals surface area contributed by atoms with Gasteiger partial charge in [-0.15, -0.1) is 0 Å². The van der Waals surface area contributed by atoms with E-state index in [9.17, 15) is 4.79 Å². The molecule has 1 unspecified atom stereocenters. The third-order valence-electron chi connectivity index (χ3n) is 2.95. The van der Waals surface area contributed by atoms with Crippen LogP contribution in [0.15, 0.2) is 30.3 Å². The van der Waals surface area contributed by atoms with Crippen molar-refractivity contribution in [1.82, 2.24) is 5.32 Å². The molecule has 1 amide bonds. The van der Waals surface area contributed by atoms with Gasteiger partial charge in [0.2, 0.25) is 5.91 Å². The summed E-state index contributed by atoms with van der Waals surface area (Å²) in [7, 11) is 0. The Morgan fingerprint density at radius 2 is 2.06 bits per heavy atom. The maximum atomic E-state index is 11.9. The second kappa shape index (κ2) is 7.84. The summed E-state index contributed by atoms with van der Waals surface area (Å²) in [4.78, 5) is 11.9. The third-order valence-corrected chi connectivity index (χ3v) is 2.95. The number of hydrogen-bond donors (Lipinski definition) is 3. The summed E-state index contributed by atoms with van der Waals surface area (Å²) in [5.74, 6) is -0.154. The lowest BCUT2D eigenvalue weighted by atomic mass is 10.1. The van der Waals surface area contributed by atoms with Crippen molar-refractivity contribution in [3.63, 3.8) is 0 Å². The van der Waals surface area contributed by atoms with Crippen molar-refractivity contribution < 1.29 is 9.90 Å². The number of aliphatic hydroxyl groups is 1. The number of nitrogens with two attached hydrogens (primary N) is 1. The smallest absolute Gasteiger partial charge is 0.237 e. The topological polar surface area (TPSA) is 75.3 Å². The molecular formula is C14H22N2O2. The highest BCUT2D eigenvalue weighted by molar-refractivity contribution is 5.82. The van der Waals surface area contributed by atoms with Crippen molar-refractivity contribution in [3.8, 4) is 0 Å². The van der Waals surface area contributed by atoms with Crippen LogP contribution < -0.4 is 11.1 Å². The first-order valence-corrected chi connectivity index (χ1v) is 6.38. The summed E-state index contributed by atoms with van der Waals surface area (Å²) >= 11 is 0. The lowest BCUT2D eigenvalue weighted by Crippen LogP contribution is -2.46. The highest BCUT2D eigenvalue weighted by atomic mass is 16.3. The van der Waals surface area contributed by atoms with Crippen LogP contribution in [0.3, 0.4) is 0 Å². The lowest BCUT2D eigenvalue weighted by Gasteiger charge is -2.19. The lowest BCUT2D eigenvalue weighted by molar-refractivity contribution is -0.123. The van der Waals surface area contributed by atoms with Crippen LogP contribution in [0, 0.1) is 0 Å². The van der Waals surface area contributed by atoms with Crippen molar-refractivity contribution in [2.24, 2.45) is 5.73 Å². The maximum absolute atomic E-state index is 11.9. The average molecular weight is 250 g/mol. The quantitative estimate of drug-likeness (QED) is 0.671. The molecule has 0 saturated carbocycles. The van der Waals surface area contributed by atoms with Gasteiger partial charge < -0.3 is 16.2 Å². The van der Waals surface area contributed by atoms with E-state index in [1.807, 2.05) is 37.3 Å². The SMILES string of the molecule is CCC(CCO)NC(=O)[C@@H](N)Cc1ccccc1. The van der Waals surface area contributed by atoms with Crippen molar-refractivity contribution in [3.05, 3.63) is 35.9 Å². The molecule has 4 N–H and O–H groups in total. The molecule has 0 aromatic heterocycles. The molecule has 0 aliphatic heterocycles. The second-order valence-corrected chi connectivity index (χ2v) is 4.42. The molecule has 0 bridgehead atoms. The van der Waals surface area contributed by atoms with Crippen molar-refractivity contribution in [2.45, 2.75) is 38.3 Å². The molecule has 18 heavy (non-hydrogen) atoms. The number of carbonyl (C=O) groups is 1. The standard InChI is InChI=1S/C14H22N2O2/c1-2-12(8-9-17)16-14(18)13(15)10-11-6-4-3-5-7-11/h3-7,12-13,17H,2,8-10,15H2,1H3,(H,16,18)/t12?,13-/m0/s1. The van der Waals surface area contributed by atoms with Crippen LogP contribution >= 0.6 is 0 Å². The highest BCUT2D eigenvalue weighted by Crippen LogP contribution is 2.03. The molecule has 0 heterocycles. The summed E-state index contributed by atoms with van der Waals surface area (Å²) in [6.45, 7) is 2.05. The van der Waals surface area contributed by atoms with E-state index < -0.39 is 6.04 Å². The van der Waals surface area contributed by atoms with E-state index in [0.717, 1.165) is 12.0 Å². The van der Waals surface area contributed by atoms with E-state index in [2.05, 4.69) is 5.32 Å². The van der Waals surface area contributed by atoms with Crippen LogP contribution in [0.5, 0.6) is 0 Å². The van der Waals surface area contributed by atoms with E-state index >= 15 is 0 Å². The van der Waals surface area contributed by atoms with Crippen molar-refractivity contribution >= 4 is 5.91 Å². The molecule has 0 saturated heterocycles. The fourth-order valence-corrected chi connectivity index (χ4v) is 1.80. The molecule has 2 atom stereocenters. The number of hydrogen-bond acceptors (Lipinski definition) is 3. The molecular weight excluding hydrogens is 228 g/mol. The molecule has 0 aliphatic carbocycles. The zero-order valence-electron chi connectivity index (χ0n) is 10.8. The summed E-state index contributed by atoms with van der Waals surface area (Å²) in [6, 6.07) is 9.17. The van der Waals surface area contributed by atoms with E-state index in [1.54, 1.807) is 0 Å². The number of carbonyl (C=O) groups excluding carboxylic acids is 1. The van der Waals surface area contributed by atoms with Crippen LogP contribution in [0.4, 0.5) is 0 Å². The first-order chi connectivity index (χ1) is 8.67. The fourth-order valence-electron chi connectivity index (χ4n) is 1.80. The minimum absolute atomic E-state index is 0.00400. The molecule has 0 fully saturated rings. The number of amides is 1. The van der Waals surface area contributed by atoms with E-state index in [-0.39, 0.29) is 18.6 Å². The van der Waals surface area contributed by atoms with Gasteiger partial charge in [0.25, 0.3) is 0 Å². The van der Waals surface area contributed by atoms with Gasteiger partial charge in [-0.1, -0.05) is 37.3 Å². The highest BCUT2D eigenvalue weighted by Gasteiger charge is 2.17. The zero-order chi connectivity index (χ0) is 13.4. The summed E-state index contributed by atoms with van der Waals surface area (Å²) in [6.07, 6.45) is 1.90. The van der Waals surface area contributed by atoms with Crippen LogP contribution in [-0.4, -0.2) is 29.7 Å². The van der Waals surface area contributed by atoms with Gasteiger partial charge in [0, 0.05) is 12.6 Å². The van der Waals surface area contributed by atoms with Gasteiger partial charge >= 0.3 is 0 Å². The Morgan fingerprint density at radius 3 is 2.61 bits per heavy atom. The molecule has 1 rings (SSSR count). The van der Waals surface area contributed by atoms with E-state index in [0.29, 0.717) is 12.8 Å². The third kappa shape index (κ3) is 4.85. The number of benzene rings is 1. The van der Waals surface area contributed by atoms with Gasteiger partial charge in [-0.2, -0.15) is 0 Å². The van der Waals surface area contributed by atoms with Gasteiger partial charge in [-0.25, -0.2) is 0 Å². The monoisotopic (exact) mass is 250 g/mol. The Hall–Kier alpha value is -1.39. The van der Waals surface area contributed by atoms with E-state index in [1.165, 1.54) is 0 Å². The zero-order valence-corrected chi connectivity index (χ0v) is 10.8. The summed E-state index contributed by atoms with van der Waals surface area (Å²) in [5, 5.41) is 11.7. The van der Waals surface area contributed by atoms with Crippen LogP contribution in [0.1, 0.15) is 25.3 Å². The van der Waals surface area contributed by atoms with Crippen molar-refractivity contribution in [2.75, 3.05) is 6.61 Å². The Morgan fingerprint density at radius 1 is 1.39 bits per heavy atom. The first kappa shape index (κ1) is 14.7. The molecule has 0 radical (unpaired) electrons. The van der Waals surface area contributed by atoms with Gasteiger partial charge in [-0.3, -0.25) is 4.79 Å². The normalized spacial score (nSPS) is 13.9. The van der Waals surface area contributed by atoms with Crippen molar-refractivity contribution in [1.29, 1.82) is 0 Å². The van der Waals surface area contributed by atoms with Crippen LogP contribution in [-0.2, 0) is 11.2 Å². The Bertz CT molecular complexity index is 354. The molecule has 4 heteroatoms. The number of rotatable bonds is 7. The summed E-state index contributed by atoms with van der Waals surface area (Å²) < 4.78 is 0. The Balaban J connectivity index is 2.46. The number of aliphatic hydroxyl groups excluding tert-OH is 1. The van der Waals surface area contributed by atoms with Crippen LogP contribution in [0.25, 0.3) is 0 Å². The van der Waals surface area contributed by atoms with Gasteiger partial charge in [0.1, 0.15) is 0 Å². The minimum atomic E-state index is -0.542. The van der Waals surface area contributed by atoms with Gasteiger partial charge in [-0.05, 0) is 24.8 Å². The average Bonchev–Trinajstić information content (AvgIpc) is 2.39. The maximum Gasteiger partial charge on any atom is 0.237 e. The largest absolute Gasteiger partial charge is 0.396 e. The molecule has 1 aromatic rings. The minimum Gasteiger partial charge on any atom is -0.396 e. The summed E-state index contributed by atoms with van der Waals surface area (Å²) in [5.41, 5.74) is 6.93. The predicted octanol–water partition coefficient (Wildman–Crippen LogP) is 0.834. The molecule has 4 nitrogen and oxygen atoms in total. The second-order valence-electron chi connectivity index (χ2n) is 4.42. The first-order valence-electron chi connectivity index (χ1n) is 6.38. The Labute approximate surface area is 108 Å². The van der Waals surface area contributed by atoms with Gasteiger partial charge in [0.05, 0.1) is 6.04 Å². The predicted molar refractivity (Wildman–Crippen MR) is 72.0 cm³/mol. The molecule has 0 spiro atoms. The molecule has 100 valence electrons. The molecule has 0 aliphatic rings.